The van der Waals surface area contributed by atoms with E-state index in [2.05, 4.69) is 20.9 Å². The highest BCUT2D eigenvalue weighted by atomic mass is 16.5. The number of ether oxygens (including phenoxy) is 1. The predicted octanol–water partition coefficient (Wildman–Crippen LogP) is 2.12. The summed E-state index contributed by atoms with van der Waals surface area (Å²) >= 11 is 0. The Morgan fingerprint density at radius 1 is 0.886 bits per heavy atom. The molecule has 0 fully saturated rings. The Kier molecular flexibility index (Phi) is 5.91. The zero-order valence-corrected chi connectivity index (χ0v) is 18.4. The summed E-state index contributed by atoms with van der Waals surface area (Å²) in [4.78, 5) is 43.3. The standard InChI is InChI=1S/C25H20N6O4/c32-21(15-30-19-13-7-8-14-20(19)35-16-22(30)33)27-28-25(34)23-26-24(17-9-3-1-4-10-17)31(29-23)18-11-5-2-6-12-18/h1-14H,15-16H2,(H,27,32)(H,28,34). The van der Waals surface area contributed by atoms with E-state index in [0.717, 1.165) is 11.3 Å². The zero-order valence-electron chi connectivity index (χ0n) is 18.4. The topological polar surface area (TPSA) is 118 Å². The van der Waals surface area contributed by atoms with E-state index in [1.165, 1.54) is 4.90 Å². The molecule has 4 aromatic rings. The van der Waals surface area contributed by atoms with Gasteiger partial charge in [-0.1, -0.05) is 60.7 Å². The first-order valence-corrected chi connectivity index (χ1v) is 10.8. The van der Waals surface area contributed by atoms with Crippen LogP contribution in [0.15, 0.2) is 84.9 Å². The van der Waals surface area contributed by atoms with E-state index >= 15 is 0 Å². The maximum atomic E-state index is 12.8. The first kappa shape index (κ1) is 21.8. The molecule has 3 aromatic carbocycles. The van der Waals surface area contributed by atoms with Gasteiger partial charge in [0.2, 0.25) is 5.82 Å². The van der Waals surface area contributed by atoms with E-state index in [4.69, 9.17) is 4.74 Å². The van der Waals surface area contributed by atoms with Crippen LogP contribution in [0.4, 0.5) is 5.69 Å². The van der Waals surface area contributed by atoms with E-state index in [-0.39, 0.29) is 24.9 Å². The highest BCUT2D eigenvalue weighted by Crippen LogP contribution is 2.31. The lowest BCUT2D eigenvalue weighted by Gasteiger charge is -2.28. The number of carbonyl (C=O) groups is 3. The van der Waals surface area contributed by atoms with E-state index in [0.29, 0.717) is 17.3 Å². The molecule has 0 unspecified atom stereocenters. The first-order valence-electron chi connectivity index (χ1n) is 10.8. The van der Waals surface area contributed by atoms with Gasteiger partial charge in [-0.3, -0.25) is 30.1 Å². The zero-order chi connectivity index (χ0) is 24.2. The van der Waals surface area contributed by atoms with Gasteiger partial charge in [0.15, 0.2) is 12.4 Å². The van der Waals surface area contributed by atoms with Gasteiger partial charge in [-0.2, -0.15) is 0 Å². The van der Waals surface area contributed by atoms with Gasteiger partial charge in [0.1, 0.15) is 12.3 Å². The fourth-order valence-electron chi connectivity index (χ4n) is 3.62. The van der Waals surface area contributed by atoms with Crippen LogP contribution in [-0.2, 0) is 9.59 Å². The van der Waals surface area contributed by atoms with Crippen LogP contribution in [-0.4, -0.2) is 45.6 Å². The molecule has 0 spiro atoms. The average Bonchev–Trinajstić information content (AvgIpc) is 3.36. The van der Waals surface area contributed by atoms with Gasteiger partial charge in [-0.25, -0.2) is 9.67 Å². The van der Waals surface area contributed by atoms with Crippen molar-refractivity contribution in [1.82, 2.24) is 25.6 Å². The summed E-state index contributed by atoms with van der Waals surface area (Å²) < 4.78 is 6.94. The Labute approximate surface area is 200 Å². The number of hydrazine groups is 1. The van der Waals surface area contributed by atoms with Gasteiger partial charge in [-0.05, 0) is 24.3 Å². The Hall–Kier alpha value is -4.99. The van der Waals surface area contributed by atoms with Crippen LogP contribution in [0.25, 0.3) is 17.1 Å². The second kappa shape index (κ2) is 9.48. The van der Waals surface area contributed by atoms with Gasteiger partial charge in [0, 0.05) is 5.56 Å². The van der Waals surface area contributed by atoms with Crippen molar-refractivity contribution in [3.63, 3.8) is 0 Å². The minimum atomic E-state index is -0.695. The van der Waals surface area contributed by atoms with E-state index < -0.39 is 11.8 Å². The van der Waals surface area contributed by atoms with E-state index in [9.17, 15) is 14.4 Å². The molecule has 1 aliphatic rings. The lowest BCUT2D eigenvalue weighted by molar-refractivity contribution is -0.125. The van der Waals surface area contributed by atoms with Crippen LogP contribution < -0.4 is 20.5 Å². The number of para-hydroxylation sites is 3. The number of nitrogens with zero attached hydrogens (tertiary/aromatic N) is 4. The summed E-state index contributed by atoms with van der Waals surface area (Å²) in [5, 5.41) is 4.35. The van der Waals surface area contributed by atoms with Crippen molar-refractivity contribution in [3.8, 4) is 22.8 Å². The largest absolute Gasteiger partial charge is 0.482 e. The average molecular weight is 468 g/mol. The molecule has 2 N–H and O–H groups in total. The number of rotatable bonds is 5. The van der Waals surface area contributed by atoms with Gasteiger partial charge in [0.25, 0.3) is 11.8 Å². The highest BCUT2D eigenvalue weighted by molar-refractivity contribution is 6.02. The molecule has 5 rings (SSSR count). The summed E-state index contributed by atoms with van der Waals surface area (Å²) in [5.41, 5.74) is 6.64. The monoisotopic (exact) mass is 468 g/mol. The molecule has 1 aliphatic heterocycles. The molecule has 35 heavy (non-hydrogen) atoms. The normalized spacial score (nSPS) is 12.5. The van der Waals surface area contributed by atoms with Gasteiger partial charge >= 0.3 is 5.91 Å². The Morgan fingerprint density at radius 3 is 2.34 bits per heavy atom. The van der Waals surface area contributed by atoms with Crippen LogP contribution >= 0.6 is 0 Å². The van der Waals surface area contributed by atoms with Crippen molar-refractivity contribution in [1.29, 1.82) is 0 Å². The minimum absolute atomic E-state index is 0.124. The van der Waals surface area contributed by atoms with Crippen molar-refractivity contribution in [3.05, 3.63) is 90.8 Å². The van der Waals surface area contributed by atoms with Crippen LogP contribution in [0.3, 0.4) is 0 Å². The van der Waals surface area contributed by atoms with Gasteiger partial charge < -0.3 is 4.74 Å². The number of hydrogen-bond acceptors (Lipinski definition) is 6. The number of aromatic nitrogens is 3. The van der Waals surface area contributed by atoms with Crippen molar-refractivity contribution >= 4 is 23.4 Å². The van der Waals surface area contributed by atoms with Crippen molar-refractivity contribution < 1.29 is 19.1 Å². The number of carbonyl (C=O) groups excluding carboxylic acids is 3. The summed E-state index contributed by atoms with van der Waals surface area (Å²) in [7, 11) is 0. The van der Waals surface area contributed by atoms with Gasteiger partial charge in [0.05, 0.1) is 11.4 Å². The molecule has 0 atom stereocenters. The lowest BCUT2D eigenvalue weighted by Crippen LogP contribution is -2.49. The molecule has 10 heteroatoms. The quantitative estimate of drug-likeness (QED) is 0.433. The van der Waals surface area contributed by atoms with Crippen LogP contribution in [0.5, 0.6) is 5.75 Å². The molecular formula is C25H20N6O4. The summed E-state index contributed by atoms with van der Waals surface area (Å²) in [6, 6.07) is 25.6. The molecule has 1 aromatic heterocycles. The molecule has 0 saturated heterocycles. The first-order chi connectivity index (χ1) is 17.1. The van der Waals surface area contributed by atoms with Crippen molar-refractivity contribution in [2.45, 2.75) is 0 Å². The molecular weight excluding hydrogens is 448 g/mol. The van der Waals surface area contributed by atoms with E-state index in [1.54, 1.807) is 28.9 Å². The summed E-state index contributed by atoms with van der Waals surface area (Å²) in [6.07, 6.45) is 0. The molecule has 10 nitrogen and oxygen atoms in total. The summed E-state index contributed by atoms with van der Waals surface area (Å²) in [6.45, 7) is -0.458. The van der Waals surface area contributed by atoms with Crippen molar-refractivity contribution in [2.24, 2.45) is 0 Å². The second-order valence-corrected chi connectivity index (χ2v) is 7.61. The third-order valence-corrected chi connectivity index (χ3v) is 5.27. The molecule has 0 saturated carbocycles. The number of hydrogen-bond donors (Lipinski definition) is 2. The molecule has 174 valence electrons. The van der Waals surface area contributed by atoms with E-state index in [1.807, 2.05) is 60.7 Å². The third-order valence-electron chi connectivity index (χ3n) is 5.27. The number of amides is 3. The molecule has 3 amide bonds. The third kappa shape index (κ3) is 4.58. The number of fused-ring (bicyclic) bond motifs is 1. The molecule has 2 heterocycles. The minimum Gasteiger partial charge on any atom is -0.482 e. The molecule has 0 bridgehead atoms. The summed E-state index contributed by atoms with van der Waals surface area (Å²) in [5.74, 6) is -0.785. The Morgan fingerprint density at radius 2 is 1.57 bits per heavy atom. The number of anilines is 1. The number of nitrogens with one attached hydrogen (secondary N) is 2. The smallest absolute Gasteiger partial charge is 0.309 e. The fraction of sp³-hybridized carbons (Fsp3) is 0.0800. The Bertz CT molecular complexity index is 1330. The van der Waals surface area contributed by atoms with Crippen LogP contribution in [0, 0.1) is 0 Å². The molecule has 0 radical (unpaired) electrons. The second-order valence-electron chi connectivity index (χ2n) is 7.61. The maximum Gasteiger partial charge on any atom is 0.309 e. The van der Waals surface area contributed by atoms with Crippen LogP contribution in [0.1, 0.15) is 10.6 Å². The van der Waals surface area contributed by atoms with Gasteiger partial charge in [-0.15, -0.1) is 5.10 Å². The lowest BCUT2D eigenvalue weighted by atomic mass is 10.2. The molecule has 0 aliphatic carbocycles. The van der Waals surface area contributed by atoms with Crippen LogP contribution in [0.2, 0.25) is 0 Å². The Balaban J connectivity index is 1.31. The van der Waals surface area contributed by atoms with Crippen molar-refractivity contribution in [2.75, 3.05) is 18.1 Å². The SMILES string of the molecule is O=C(CN1C(=O)COc2ccccc21)NNC(=O)c1nc(-c2ccccc2)n(-c2ccccc2)n1. The predicted molar refractivity (Wildman–Crippen MR) is 127 cm³/mol. The highest BCUT2D eigenvalue weighted by Gasteiger charge is 2.27. The fourth-order valence-corrected chi connectivity index (χ4v) is 3.62. The number of benzene rings is 3. The maximum absolute atomic E-state index is 12.8.